The van der Waals surface area contributed by atoms with Gasteiger partial charge < -0.3 is 0 Å². The highest BCUT2D eigenvalue weighted by Crippen LogP contribution is 2.33. The number of nitriles is 1. The predicted molar refractivity (Wildman–Crippen MR) is 70.4 cm³/mol. The first kappa shape index (κ1) is 10.6. The zero-order valence-corrected chi connectivity index (χ0v) is 10.0. The maximum atomic E-state index is 9.25. The van der Waals surface area contributed by atoms with Gasteiger partial charge in [0.05, 0.1) is 31.0 Å². The predicted octanol–water partition coefficient (Wildman–Crippen LogP) is 1.39. The minimum Gasteiger partial charge on any atom is -0.191 e. The van der Waals surface area contributed by atoms with Gasteiger partial charge in [-0.1, -0.05) is 0 Å². The van der Waals surface area contributed by atoms with Crippen LogP contribution in [0.3, 0.4) is 0 Å². The highest BCUT2D eigenvalue weighted by molar-refractivity contribution is 6.25. The van der Waals surface area contributed by atoms with E-state index >= 15 is 0 Å². The van der Waals surface area contributed by atoms with Crippen LogP contribution in [-0.4, -0.2) is 30.6 Å². The molecule has 4 aromatic rings. The third kappa shape index (κ3) is 1.27. The van der Waals surface area contributed by atoms with Crippen molar-refractivity contribution in [2.75, 3.05) is 0 Å². The fraction of sp³-hybridized carbons (Fsp3) is 0. The number of aromatic nitrogens is 6. The van der Waals surface area contributed by atoms with Gasteiger partial charge in [0.25, 0.3) is 0 Å². The maximum absolute atomic E-state index is 9.25. The molecule has 0 amide bonds. The highest BCUT2D eigenvalue weighted by atomic mass is 15.1. The van der Waals surface area contributed by atoms with E-state index in [-0.39, 0.29) is 5.69 Å². The van der Waals surface area contributed by atoms with E-state index in [0.717, 1.165) is 26.9 Å². The minimum atomic E-state index is 0.263. The Hall–Kier alpha value is -3.27. The molecule has 0 bridgehead atoms. The molecule has 20 heavy (non-hydrogen) atoms. The Balaban J connectivity index is 2.47. The van der Waals surface area contributed by atoms with Gasteiger partial charge in [0.2, 0.25) is 0 Å². The molecule has 7 heteroatoms. The fourth-order valence-corrected chi connectivity index (χ4v) is 2.43. The van der Waals surface area contributed by atoms with Crippen LogP contribution in [0, 0.1) is 11.3 Å². The van der Waals surface area contributed by atoms with Gasteiger partial charge in [0.1, 0.15) is 6.07 Å². The Labute approximate surface area is 111 Å². The van der Waals surface area contributed by atoms with Crippen molar-refractivity contribution in [3.8, 4) is 6.07 Å². The van der Waals surface area contributed by atoms with E-state index in [1.807, 2.05) is 0 Å². The molecule has 0 N–H and O–H groups in total. The van der Waals surface area contributed by atoms with Gasteiger partial charge in [-0.3, -0.25) is 0 Å². The summed E-state index contributed by atoms with van der Waals surface area (Å²) in [5, 5.41) is 37.6. The highest BCUT2D eigenvalue weighted by Gasteiger charge is 2.13. The van der Waals surface area contributed by atoms with Crippen LogP contribution in [0.5, 0.6) is 0 Å². The molecule has 0 aliphatic rings. The van der Waals surface area contributed by atoms with Crippen molar-refractivity contribution in [1.29, 1.82) is 5.26 Å². The standard InChI is InChI=1S/C13H5N7/c14-1-12-13-10-5-18-17-3-8(10)7-2-15-16-4-9(7)11(13)6-19-20-12/h2-6H. The lowest BCUT2D eigenvalue weighted by molar-refractivity contribution is 1.03. The van der Waals surface area contributed by atoms with Gasteiger partial charge in [-0.2, -0.15) is 30.8 Å². The van der Waals surface area contributed by atoms with E-state index in [1.165, 1.54) is 0 Å². The molecule has 0 radical (unpaired) electrons. The lowest BCUT2D eigenvalue weighted by Crippen LogP contribution is -1.94. The second kappa shape index (κ2) is 3.86. The van der Waals surface area contributed by atoms with Crippen molar-refractivity contribution < 1.29 is 0 Å². The monoisotopic (exact) mass is 259 g/mol. The van der Waals surface area contributed by atoms with Gasteiger partial charge in [-0.15, -0.1) is 5.10 Å². The van der Waals surface area contributed by atoms with Crippen molar-refractivity contribution in [3.05, 3.63) is 36.7 Å². The molecule has 0 saturated heterocycles. The number of hydrogen-bond donors (Lipinski definition) is 0. The van der Waals surface area contributed by atoms with Gasteiger partial charge in [-0.25, -0.2) is 0 Å². The van der Waals surface area contributed by atoms with E-state index in [2.05, 4.69) is 36.7 Å². The molecule has 1 aromatic carbocycles. The molecule has 0 aliphatic heterocycles. The van der Waals surface area contributed by atoms with E-state index in [0.29, 0.717) is 5.39 Å². The number of fused-ring (bicyclic) bond motifs is 6. The lowest BCUT2D eigenvalue weighted by Gasteiger charge is -2.07. The van der Waals surface area contributed by atoms with Crippen LogP contribution >= 0.6 is 0 Å². The zero-order chi connectivity index (χ0) is 13.5. The Morgan fingerprint density at radius 3 is 1.65 bits per heavy atom. The van der Waals surface area contributed by atoms with Crippen molar-refractivity contribution in [1.82, 2.24) is 30.6 Å². The van der Waals surface area contributed by atoms with Crippen molar-refractivity contribution in [3.63, 3.8) is 0 Å². The number of benzene rings is 1. The summed E-state index contributed by atoms with van der Waals surface area (Å²) >= 11 is 0. The van der Waals surface area contributed by atoms with Crippen LogP contribution < -0.4 is 0 Å². The van der Waals surface area contributed by atoms with Crippen LogP contribution in [0.2, 0.25) is 0 Å². The molecule has 4 rings (SSSR count). The summed E-state index contributed by atoms with van der Waals surface area (Å²) in [4.78, 5) is 0. The minimum absolute atomic E-state index is 0.263. The van der Waals surface area contributed by atoms with Crippen LogP contribution in [0.4, 0.5) is 0 Å². The quantitative estimate of drug-likeness (QED) is 0.439. The zero-order valence-electron chi connectivity index (χ0n) is 10.0. The molecule has 0 spiro atoms. The van der Waals surface area contributed by atoms with Crippen LogP contribution in [0.15, 0.2) is 31.0 Å². The van der Waals surface area contributed by atoms with Crippen molar-refractivity contribution >= 4 is 32.3 Å². The Morgan fingerprint density at radius 1 is 0.650 bits per heavy atom. The molecule has 3 aromatic heterocycles. The second-order valence-electron chi connectivity index (χ2n) is 4.23. The molecule has 92 valence electrons. The maximum Gasteiger partial charge on any atom is 0.171 e. The molecule has 0 fully saturated rings. The molecule has 0 atom stereocenters. The Morgan fingerprint density at radius 2 is 1.10 bits per heavy atom. The first-order valence-electron chi connectivity index (χ1n) is 5.78. The molecule has 0 unspecified atom stereocenters. The molecule has 3 heterocycles. The number of nitrogens with zero attached hydrogens (tertiary/aromatic N) is 7. The Bertz CT molecular complexity index is 974. The summed E-state index contributed by atoms with van der Waals surface area (Å²) in [7, 11) is 0. The third-order valence-corrected chi connectivity index (χ3v) is 3.27. The van der Waals surface area contributed by atoms with E-state index < -0.39 is 0 Å². The largest absolute Gasteiger partial charge is 0.191 e. The second-order valence-corrected chi connectivity index (χ2v) is 4.23. The number of rotatable bonds is 0. The van der Waals surface area contributed by atoms with Crippen LogP contribution in [-0.2, 0) is 0 Å². The van der Waals surface area contributed by atoms with Gasteiger partial charge in [-0.05, 0) is 0 Å². The van der Waals surface area contributed by atoms with Crippen LogP contribution in [0.1, 0.15) is 5.69 Å². The Kier molecular flexibility index (Phi) is 2.05. The van der Waals surface area contributed by atoms with Gasteiger partial charge in [0, 0.05) is 32.3 Å². The summed E-state index contributed by atoms with van der Waals surface area (Å²) in [5.74, 6) is 0. The molecular weight excluding hydrogens is 254 g/mol. The SMILES string of the molecule is N#Cc1nncc2c3cnncc3c3cnncc3c12. The normalized spacial score (nSPS) is 10.9. The van der Waals surface area contributed by atoms with E-state index in [1.54, 1.807) is 31.0 Å². The van der Waals surface area contributed by atoms with Crippen LogP contribution in [0.25, 0.3) is 32.3 Å². The summed E-state index contributed by atoms with van der Waals surface area (Å²) in [6, 6.07) is 2.07. The number of hydrogen-bond acceptors (Lipinski definition) is 7. The van der Waals surface area contributed by atoms with Crippen molar-refractivity contribution in [2.45, 2.75) is 0 Å². The molecular formula is C13H5N7. The smallest absolute Gasteiger partial charge is 0.171 e. The molecule has 0 aliphatic carbocycles. The fourth-order valence-electron chi connectivity index (χ4n) is 2.43. The molecule has 0 saturated carbocycles. The van der Waals surface area contributed by atoms with E-state index in [4.69, 9.17) is 0 Å². The first-order valence-corrected chi connectivity index (χ1v) is 5.78. The average molecular weight is 259 g/mol. The summed E-state index contributed by atoms with van der Waals surface area (Å²) in [5.41, 5.74) is 0.263. The summed E-state index contributed by atoms with van der Waals surface area (Å²) in [6.07, 6.45) is 8.23. The summed E-state index contributed by atoms with van der Waals surface area (Å²) < 4.78 is 0. The van der Waals surface area contributed by atoms with E-state index in [9.17, 15) is 5.26 Å². The first-order chi connectivity index (χ1) is 9.90. The average Bonchev–Trinajstić information content (AvgIpc) is 2.54. The summed E-state index contributed by atoms with van der Waals surface area (Å²) in [6.45, 7) is 0. The van der Waals surface area contributed by atoms with Gasteiger partial charge >= 0.3 is 0 Å². The third-order valence-electron chi connectivity index (χ3n) is 3.27. The lowest BCUT2D eigenvalue weighted by atomic mass is 9.99. The topological polar surface area (TPSA) is 101 Å². The van der Waals surface area contributed by atoms with Crippen molar-refractivity contribution in [2.24, 2.45) is 0 Å². The molecule has 7 nitrogen and oxygen atoms in total. The van der Waals surface area contributed by atoms with Gasteiger partial charge in [0.15, 0.2) is 5.69 Å².